The minimum absolute atomic E-state index is 0.409. The molecule has 23 heavy (non-hydrogen) atoms. The van der Waals surface area contributed by atoms with Crippen molar-refractivity contribution in [3.63, 3.8) is 0 Å². The van der Waals surface area contributed by atoms with Crippen LogP contribution in [0, 0.1) is 0 Å². The number of hydrogen-bond acceptors (Lipinski definition) is 4. The van der Waals surface area contributed by atoms with Gasteiger partial charge in [-0.15, -0.1) is 0 Å². The van der Waals surface area contributed by atoms with Gasteiger partial charge in [-0.2, -0.15) is 0 Å². The van der Waals surface area contributed by atoms with E-state index in [1.165, 1.54) is 18.4 Å². The molecule has 0 N–H and O–H groups in total. The number of nitrogens with zero attached hydrogens (tertiary/aromatic N) is 2. The van der Waals surface area contributed by atoms with Crippen molar-refractivity contribution in [2.75, 3.05) is 54.0 Å². The van der Waals surface area contributed by atoms with E-state index in [1.54, 1.807) is 7.11 Å². The molecule has 0 aliphatic carbocycles. The molecule has 1 aromatic carbocycles. The van der Waals surface area contributed by atoms with Crippen LogP contribution in [0.4, 0.5) is 0 Å². The summed E-state index contributed by atoms with van der Waals surface area (Å²) in [6.45, 7) is 5.05. The zero-order chi connectivity index (χ0) is 16.5. The Hall–Kier alpha value is -1.36. The Bertz CT molecular complexity index is 465. The van der Waals surface area contributed by atoms with Crippen molar-refractivity contribution in [2.45, 2.75) is 18.9 Å². The first-order valence-electron chi connectivity index (χ1n) is 8.46. The maximum atomic E-state index is 5.79. The largest absolute Gasteiger partial charge is 0.497 e. The molecule has 1 unspecified atom stereocenters. The van der Waals surface area contributed by atoms with Crippen LogP contribution in [0.2, 0.25) is 0 Å². The van der Waals surface area contributed by atoms with Gasteiger partial charge in [-0.25, -0.2) is 0 Å². The average molecular weight is 318 g/mol. The Morgan fingerprint density at radius 2 is 2.00 bits per heavy atom. The van der Waals surface area contributed by atoms with Crippen molar-refractivity contribution in [3.8, 4) is 5.75 Å². The van der Waals surface area contributed by atoms with Gasteiger partial charge in [0.2, 0.25) is 0 Å². The van der Waals surface area contributed by atoms with E-state index >= 15 is 0 Å². The summed E-state index contributed by atoms with van der Waals surface area (Å²) in [5, 5.41) is 0. The predicted molar refractivity (Wildman–Crippen MR) is 96.0 cm³/mol. The van der Waals surface area contributed by atoms with Crippen LogP contribution in [0.5, 0.6) is 5.75 Å². The van der Waals surface area contributed by atoms with Crippen molar-refractivity contribution in [1.29, 1.82) is 0 Å². The number of methoxy groups -OCH3 is 1. The molecule has 0 radical (unpaired) electrons. The van der Waals surface area contributed by atoms with Gasteiger partial charge in [0, 0.05) is 32.8 Å². The monoisotopic (exact) mass is 318 g/mol. The Labute approximate surface area is 140 Å². The summed E-state index contributed by atoms with van der Waals surface area (Å²) in [7, 11) is 5.94. The maximum absolute atomic E-state index is 5.79. The molecule has 4 heteroatoms. The number of ether oxygens (including phenoxy) is 2. The van der Waals surface area contributed by atoms with Crippen molar-refractivity contribution >= 4 is 6.08 Å². The second kappa shape index (κ2) is 9.71. The van der Waals surface area contributed by atoms with Crippen molar-refractivity contribution in [2.24, 2.45) is 0 Å². The van der Waals surface area contributed by atoms with E-state index in [9.17, 15) is 0 Å². The number of likely N-dealkylation sites (N-methyl/N-ethyl adjacent to an activating group) is 1. The molecule has 1 aliphatic rings. The molecule has 1 aliphatic heterocycles. The lowest BCUT2D eigenvalue weighted by molar-refractivity contribution is 0.0749. The van der Waals surface area contributed by atoms with Gasteiger partial charge in [-0.1, -0.05) is 24.3 Å². The van der Waals surface area contributed by atoms with Crippen molar-refractivity contribution in [1.82, 2.24) is 9.80 Å². The van der Waals surface area contributed by atoms with Crippen molar-refractivity contribution in [3.05, 3.63) is 35.9 Å². The summed E-state index contributed by atoms with van der Waals surface area (Å²) < 4.78 is 11.0. The highest BCUT2D eigenvalue weighted by Gasteiger charge is 2.18. The quantitative estimate of drug-likeness (QED) is 0.699. The fourth-order valence-corrected chi connectivity index (χ4v) is 2.73. The fourth-order valence-electron chi connectivity index (χ4n) is 2.73. The second-order valence-electron chi connectivity index (χ2n) is 6.37. The zero-order valence-electron chi connectivity index (χ0n) is 14.7. The second-order valence-corrected chi connectivity index (χ2v) is 6.37. The molecule has 0 amide bonds. The summed E-state index contributed by atoms with van der Waals surface area (Å²) in [5.74, 6) is 0.896. The SMILES string of the molecule is COc1ccc(/C=C/CN(CCN(C)C)CC2CCCO2)cc1. The summed E-state index contributed by atoms with van der Waals surface area (Å²) in [4.78, 5) is 4.71. The number of hydrogen-bond donors (Lipinski definition) is 0. The van der Waals surface area contributed by atoms with E-state index in [1.807, 2.05) is 12.1 Å². The lowest BCUT2D eigenvalue weighted by Crippen LogP contribution is -2.37. The first-order chi connectivity index (χ1) is 11.2. The molecular formula is C19H30N2O2. The highest BCUT2D eigenvalue weighted by Crippen LogP contribution is 2.14. The third kappa shape index (κ3) is 6.73. The Balaban J connectivity index is 1.85. The van der Waals surface area contributed by atoms with Gasteiger partial charge in [0.1, 0.15) is 5.75 Å². The van der Waals surface area contributed by atoms with Crippen LogP contribution in [-0.2, 0) is 4.74 Å². The van der Waals surface area contributed by atoms with Gasteiger partial charge in [0.15, 0.2) is 0 Å². The average Bonchev–Trinajstić information content (AvgIpc) is 3.06. The van der Waals surface area contributed by atoms with Crippen molar-refractivity contribution < 1.29 is 9.47 Å². The van der Waals surface area contributed by atoms with Gasteiger partial charge < -0.3 is 14.4 Å². The third-order valence-corrected chi connectivity index (χ3v) is 4.14. The summed E-state index contributed by atoms with van der Waals surface area (Å²) in [6.07, 6.45) is 7.23. The van der Waals surface area contributed by atoms with Crippen LogP contribution in [0.25, 0.3) is 6.08 Å². The highest BCUT2D eigenvalue weighted by atomic mass is 16.5. The highest BCUT2D eigenvalue weighted by molar-refractivity contribution is 5.50. The van der Waals surface area contributed by atoms with Crippen LogP contribution in [-0.4, -0.2) is 69.9 Å². The fraction of sp³-hybridized carbons (Fsp3) is 0.579. The molecule has 2 rings (SSSR count). The van der Waals surface area contributed by atoms with Gasteiger partial charge in [0.05, 0.1) is 13.2 Å². The van der Waals surface area contributed by atoms with Gasteiger partial charge in [0.25, 0.3) is 0 Å². The van der Waals surface area contributed by atoms with Gasteiger partial charge in [-0.3, -0.25) is 4.90 Å². The minimum Gasteiger partial charge on any atom is -0.497 e. The van der Waals surface area contributed by atoms with E-state index in [0.717, 1.165) is 38.5 Å². The molecule has 1 aromatic rings. The molecule has 0 spiro atoms. The minimum atomic E-state index is 0.409. The molecule has 1 saturated heterocycles. The molecule has 4 nitrogen and oxygen atoms in total. The Kier molecular flexibility index (Phi) is 7.59. The maximum Gasteiger partial charge on any atom is 0.118 e. The standard InChI is InChI=1S/C19H30N2O2/c1-20(2)13-14-21(16-19-7-5-15-23-19)12-4-6-17-8-10-18(22-3)11-9-17/h4,6,8-11,19H,5,7,12-16H2,1-3H3/b6-4+. The molecule has 0 bridgehead atoms. The summed E-state index contributed by atoms with van der Waals surface area (Å²) in [5.41, 5.74) is 1.20. The van der Waals surface area contributed by atoms with Crippen LogP contribution < -0.4 is 4.74 Å². The lowest BCUT2D eigenvalue weighted by atomic mass is 10.2. The van der Waals surface area contributed by atoms with E-state index in [4.69, 9.17) is 9.47 Å². The first kappa shape index (κ1) is 18.0. The first-order valence-corrected chi connectivity index (χ1v) is 8.46. The van der Waals surface area contributed by atoms with Crippen LogP contribution in [0.15, 0.2) is 30.3 Å². The van der Waals surface area contributed by atoms with E-state index in [-0.39, 0.29) is 0 Å². The normalized spacial score (nSPS) is 18.4. The van der Waals surface area contributed by atoms with Crippen LogP contribution in [0.1, 0.15) is 18.4 Å². The molecular weight excluding hydrogens is 288 g/mol. The smallest absolute Gasteiger partial charge is 0.118 e. The van der Waals surface area contributed by atoms with Gasteiger partial charge >= 0.3 is 0 Å². The Morgan fingerprint density at radius 3 is 2.61 bits per heavy atom. The lowest BCUT2D eigenvalue weighted by Gasteiger charge is -2.25. The zero-order valence-corrected chi connectivity index (χ0v) is 14.7. The topological polar surface area (TPSA) is 24.9 Å². The Morgan fingerprint density at radius 1 is 1.22 bits per heavy atom. The van der Waals surface area contributed by atoms with Crippen LogP contribution >= 0.6 is 0 Å². The van der Waals surface area contributed by atoms with E-state index in [2.05, 4.69) is 48.2 Å². The van der Waals surface area contributed by atoms with E-state index < -0.39 is 0 Å². The molecule has 1 heterocycles. The number of benzene rings is 1. The van der Waals surface area contributed by atoms with E-state index in [0.29, 0.717) is 6.10 Å². The molecule has 128 valence electrons. The van der Waals surface area contributed by atoms with Gasteiger partial charge in [-0.05, 0) is 44.6 Å². The summed E-state index contributed by atoms with van der Waals surface area (Å²) >= 11 is 0. The predicted octanol–water partition coefficient (Wildman–Crippen LogP) is 2.75. The molecule has 0 aromatic heterocycles. The number of rotatable bonds is 9. The van der Waals surface area contributed by atoms with Crippen LogP contribution in [0.3, 0.4) is 0 Å². The molecule has 0 saturated carbocycles. The molecule has 1 atom stereocenters. The molecule has 1 fully saturated rings. The summed E-state index contributed by atoms with van der Waals surface area (Å²) in [6, 6.07) is 8.16. The third-order valence-electron chi connectivity index (χ3n) is 4.14.